The summed E-state index contributed by atoms with van der Waals surface area (Å²) in [5, 5.41) is 5.78. The van der Waals surface area contributed by atoms with Gasteiger partial charge in [-0.15, -0.1) is 0 Å². The Hall–Kier alpha value is -1.77. The largest absolute Gasteiger partial charge is 0.381 e. The minimum Gasteiger partial charge on any atom is -0.381 e. The first-order valence-corrected chi connectivity index (χ1v) is 39.0. The second-order valence-corrected chi connectivity index (χ2v) is 40.1. The predicted molar refractivity (Wildman–Crippen MR) is 339 cm³/mol. The Morgan fingerprint density at radius 1 is 0.571 bits per heavy atom. The SMILES string of the molecule is CC(C)(C)OC(=O)n1cc(I)c2cc(Cl)cc(C3CCOCC3)c21.CCC[CH2][Sn]([CH2]CCC)([CH2]CCC)[c]1cn(C(=O)OC(C)(C)C)c2c(C3CCOCC3)cc(Cl)cc12.Clc1cc(C2CCOCC2)c2[nH]cc(I)c2c1. The molecule has 10 nitrogen and oxygen atoms in total. The topological polar surface area (TPSA) is 106 Å². The molecule has 3 saturated heterocycles. The van der Waals surface area contributed by atoms with E-state index in [-0.39, 0.29) is 12.2 Å². The molecule has 6 heterocycles. The fourth-order valence-corrected chi connectivity index (χ4v) is 30.0. The Balaban J connectivity index is 0.000000180. The number of H-pyrrole nitrogens is 1. The third-order valence-corrected chi connectivity index (χ3v) is 33.3. The molecule has 0 radical (unpaired) electrons. The van der Waals surface area contributed by atoms with Crippen LogP contribution in [-0.4, -0.2) is 95.5 Å². The molecule has 1 N–H and O–H groups in total. The van der Waals surface area contributed by atoms with Gasteiger partial charge in [0, 0.05) is 66.8 Å². The van der Waals surface area contributed by atoms with Gasteiger partial charge >= 0.3 is 235 Å². The number of nitrogens with one attached hydrogen (secondary N) is 1. The Labute approximate surface area is 504 Å². The third kappa shape index (κ3) is 16.3. The summed E-state index contributed by atoms with van der Waals surface area (Å²) in [5.74, 6) is 1.25. The van der Waals surface area contributed by atoms with Crippen LogP contribution in [0.15, 0.2) is 55.0 Å². The van der Waals surface area contributed by atoms with Crippen LogP contribution in [0.3, 0.4) is 0 Å². The van der Waals surface area contributed by atoms with Crippen molar-refractivity contribution in [2.75, 3.05) is 39.6 Å². The van der Waals surface area contributed by atoms with Crippen molar-refractivity contribution in [2.45, 2.75) is 182 Å². The molecule has 0 aliphatic carbocycles. The molecule has 3 aliphatic rings. The first-order valence-electron chi connectivity index (χ1n) is 28.2. The molecule has 3 aromatic carbocycles. The fourth-order valence-electron chi connectivity index (χ4n) is 11.5. The Morgan fingerprint density at radius 2 is 0.948 bits per heavy atom. The molecule has 0 unspecified atom stereocenters. The summed E-state index contributed by atoms with van der Waals surface area (Å²) >= 11 is 21.1. The van der Waals surface area contributed by atoms with Crippen molar-refractivity contribution in [2.24, 2.45) is 0 Å². The minimum absolute atomic E-state index is 0.268. The molecule has 6 aromatic rings. The molecule has 3 aliphatic heterocycles. The molecule has 3 fully saturated rings. The maximum atomic E-state index is 13.7. The number of aromatic amines is 1. The number of rotatable bonds is 13. The van der Waals surface area contributed by atoms with Crippen molar-refractivity contribution in [3.05, 3.63) is 93.9 Å². The molecular formula is C61H82Cl3I2N3O7Sn. The van der Waals surface area contributed by atoms with Crippen molar-refractivity contribution in [1.82, 2.24) is 14.1 Å². The van der Waals surface area contributed by atoms with Gasteiger partial charge in [0.2, 0.25) is 0 Å². The van der Waals surface area contributed by atoms with Gasteiger partial charge in [0.1, 0.15) is 5.60 Å². The average Bonchev–Trinajstić information content (AvgIpc) is 4.12. The number of nitrogens with zero attached hydrogens (tertiary/aromatic N) is 2. The van der Waals surface area contributed by atoms with Gasteiger partial charge in [0.15, 0.2) is 0 Å². The van der Waals surface area contributed by atoms with E-state index in [9.17, 15) is 9.59 Å². The molecule has 3 aromatic heterocycles. The van der Waals surface area contributed by atoms with Gasteiger partial charge in [-0.25, -0.2) is 4.79 Å². The number of benzene rings is 3. The Bertz CT molecular complexity index is 2920. The van der Waals surface area contributed by atoms with Crippen LogP contribution in [0.4, 0.5) is 9.59 Å². The molecule has 422 valence electrons. The number of hydrogen-bond donors (Lipinski definition) is 1. The summed E-state index contributed by atoms with van der Waals surface area (Å²) in [6.45, 7) is 23.1. The van der Waals surface area contributed by atoms with Crippen LogP contribution in [0.2, 0.25) is 28.4 Å². The molecule has 0 amide bonds. The van der Waals surface area contributed by atoms with Crippen LogP contribution in [0.25, 0.3) is 32.7 Å². The summed E-state index contributed by atoms with van der Waals surface area (Å²) in [6, 6.07) is 12.3. The van der Waals surface area contributed by atoms with E-state index in [0.29, 0.717) is 22.8 Å². The van der Waals surface area contributed by atoms with Gasteiger partial charge in [-0.1, -0.05) is 23.2 Å². The Morgan fingerprint density at radius 3 is 1.38 bits per heavy atom. The molecule has 0 atom stereocenters. The maximum Gasteiger partial charge on any atom is 0.0501 e. The summed E-state index contributed by atoms with van der Waals surface area (Å²) in [4.78, 5) is 29.7. The van der Waals surface area contributed by atoms with Crippen LogP contribution >= 0.6 is 80.0 Å². The van der Waals surface area contributed by atoms with E-state index in [2.05, 4.69) is 95.3 Å². The summed E-state index contributed by atoms with van der Waals surface area (Å²) in [7, 11) is 0. The molecule has 16 heteroatoms. The van der Waals surface area contributed by atoms with Crippen molar-refractivity contribution >= 4 is 147 Å². The van der Waals surface area contributed by atoms with Crippen molar-refractivity contribution in [3.63, 3.8) is 0 Å². The zero-order chi connectivity index (χ0) is 55.7. The second-order valence-electron chi connectivity index (χ2n) is 23.3. The van der Waals surface area contributed by atoms with E-state index in [1.807, 2.05) is 76.7 Å². The molecule has 9 rings (SSSR count). The quantitative estimate of drug-likeness (QED) is 0.0907. The number of carbonyl (C=O) groups is 2. The number of ether oxygens (including phenoxy) is 5. The van der Waals surface area contributed by atoms with E-state index in [4.69, 9.17) is 58.5 Å². The van der Waals surface area contributed by atoms with Crippen LogP contribution in [0.1, 0.15) is 174 Å². The van der Waals surface area contributed by atoms with Crippen LogP contribution in [0, 0.1) is 7.14 Å². The normalized spacial score (nSPS) is 16.3. The van der Waals surface area contributed by atoms with Gasteiger partial charge in [-0.3, -0.25) is 4.57 Å². The first kappa shape index (κ1) is 62.8. The van der Waals surface area contributed by atoms with E-state index in [1.165, 1.54) is 86.4 Å². The summed E-state index contributed by atoms with van der Waals surface area (Å²) in [5.41, 5.74) is 5.75. The smallest absolute Gasteiger partial charge is 0.0501 e. The number of hydrogen-bond acceptors (Lipinski definition) is 7. The summed E-state index contributed by atoms with van der Waals surface area (Å²) < 4.78 is 39.4. The standard InChI is InChI=1S/C18H21ClINO3.C18H21ClNO3.C13H13ClINO.3C4H9.Sn/c1-18(2,3)24-17(22)21-10-15(20)14-9-12(19)8-13(16(14)21)11-4-6-23-7-5-11;1-18(2,3)23-17(21)20-7-4-13-10-14(19)11-15(16(13)20)12-5-8-22-9-6-12;14-9-5-10(8-1-3-17-4-2-8)13-11(6-9)12(15)7-16-13;3*1-3-4-2;/h8-11H,4-7H2,1-3H3;7,10-12H,5-6,8-9H2,1-3H3;5-8,16H,1-4H2;3*1,3-4H2,2H3;. The van der Waals surface area contributed by atoms with Crippen molar-refractivity contribution in [3.8, 4) is 0 Å². The first-order chi connectivity index (χ1) is 36.7. The van der Waals surface area contributed by atoms with Gasteiger partial charge in [0.25, 0.3) is 0 Å². The maximum absolute atomic E-state index is 13.7. The minimum atomic E-state index is -2.87. The van der Waals surface area contributed by atoms with Gasteiger partial charge < -0.3 is 19.2 Å². The van der Waals surface area contributed by atoms with Gasteiger partial charge in [-0.2, -0.15) is 0 Å². The van der Waals surface area contributed by atoms with Crippen LogP contribution in [0.5, 0.6) is 0 Å². The van der Waals surface area contributed by atoms with Gasteiger partial charge in [0.05, 0.1) is 11.0 Å². The van der Waals surface area contributed by atoms with Gasteiger partial charge in [-0.05, 0) is 139 Å². The van der Waals surface area contributed by atoms with E-state index in [1.54, 1.807) is 4.57 Å². The number of unbranched alkanes of at least 4 members (excludes halogenated alkanes) is 3. The molecule has 0 saturated carbocycles. The number of fused-ring (bicyclic) bond motifs is 3. The number of halogens is 5. The van der Waals surface area contributed by atoms with Crippen LogP contribution in [-0.2, 0) is 23.7 Å². The zero-order valence-electron chi connectivity index (χ0n) is 46.9. The molecule has 77 heavy (non-hydrogen) atoms. The van der Waals surface area contributed by atoms with E-state index < -0.39 is 29.6 Å². The molecular weight excluding hydrogens is 1370 g/mol. The average molecular weight is 1450 g/mol. The monoisotopic (exact) mass is 1450 g/mol. The van der Waals surface area contributed by atoms with Crippen molar-refractivity contribution < 1.29 is 33.3 Å². The zero-order valence-corrected chi connectivity index (χ0v) is 56.4. The summed E-state index contributed by atoms with van der Waals surface area (Å²) in [6.07, 6.45) is 18.9. The fraction of sp³-hybridized carbons (Fsp3) is 0.574. The molecule has 0 bridgehead atoms. The Kier molecular flexibility index (Phi) is 23.2. The molecule has 0 spiro atoms. The van der Waals surface area contributed by atoms with Crippen LogP contribution < -0.4 is 3.58 Å². The predicted octanol–water partition coefficient (Wildman–Crippen LogP) is 18.9. The number of carbonyl (C=O) groups excluding carboxylic acids is 2. The van der Waals surface area contributed by atoms with E-state index >= 15 is 0 Å². The second kappa shape index (κ2) is 28.5. The number of aromatic nitrogens is 3. The third-order valence-electron chi connectivity index (χ3n) is 15.2. The van der Waals surface area contributed by atoms with E-state index in [0.717, 1.165) is 114 Å². The van der Waals surface area contributed by atoms with Crippen molar-refractivity contribution in [1.29, 1.82) is 0 Å².